The van der Waals surface area contributed by atoms with Gasteiger partial charge in [0.15, 0.2) is 0 Å². The highest BCUT2D eigenvalue weighted by atomic mass is 16.5. The van der Waals surface area contributed by atoms with Crippen LogP contribution in [0.2, 0.25) is 0 Å². The zero-order valence-electron chi connectivity index (χ0n) is 12.9. The smallest absolute Gasteiger partial charge is 0.307 e. The molecule has 0 N–H and O–H groups in total. The van der Waals surface area contributed by atoms with Gasteiger partial charge >= 0.3 is 5.97 Å². The van der Waals surface area contributed by atoms with Crippen LogP contribution in [-0.4, -0.2) is 50.7 Å². The SMILES string of the molecule is CCc1ccc(C(=O)N(CCOC)CCC(=O)OC)cc1. The maximum Gasteiger partial charge on any atom is 0.307 e. The van der Waals surface area contributed by atoms with E-state index in [0.29, 0.717) is 25.3 Å². The van der Waals surface area contributed by atoms with Crippen LogP contribution in [0.25, 0.3) is 0 Å². The summed E-state index contributed by atoms with van der Waals surface area (Å²) in [6.45, 7) is 3.27. The standard InChI is InChI=1S/C16H23NO4/c1-4-13-5-7-14(8-6-13)16(19)17(11-12-20-2)10-9-15(18)21-3/h5-8H,4,9-12H2,1-3H3. The Kier molecular flexibility index (Phi) is 7.46. The lowest BCUT2D eigenvalue weighted by atomic mass is 10.1. The molecule has 0 spiro atoms. The second-order valence-corrected chi connectivity index (χ2v) is 4.66. The van der Waals surface area contributed by atoms with Crippen molar-refractivity contribution in [2.45, 2.75) is 19.8 Å². The first-order valence-corrected chi connectivity index (χ1v) is 7.06. The van der Waals surface area contributed by atoms with Crippen LogP contribution in [0.15, 0.2) is 24.3 Å². The second kappa shape index (κ2) is 9.13. The second-order valence-electron chi connectivity index (χ2n) is 4.66. The lowest BCUT2D eigenvalue weighted by molar-refractivity contribution is -0.140. The molecule has 0 aliphatic rings. The summed E-state index contributed by atoms with van der Waals surface area (Å²) in [5.74, 6) is -0.426. The molecule has 1 aromatic carbocycles. The van der Waals surface area contributed by atoms with Crippen molar-refractivity contribution in [3.05, 3.63) is 35.4 Å². The number of esters is 1. The van der Waals surface area contributed by atoms with Crippen LogP contribution >= 0.6 is 0 Å². The Balaban J connectivity index is 2.74. The molecule has 1 amide bonds. The molecule has 0 atom stereocenters. The van der Waals surface area contributed by atoms with Gasteiger partial charge in [0, 0.05) is 25.8 Å². The third-order valence-corrected chi connectivity index (χ3v) is 3.28. The number of amides is 1. The van der Waals surface area contributed by atoms with Crippen molar-refractivity contribution < 1.29 is 19.1 Å². The summed E-state index contributed by atoms with van der Waals surface area (Å²) in [6.07, 6.45) is 1.11. The van der Waals surface area contributed by atoms with Gasteiger partial charge < -0.3 is 14.4 Å². The van der Waals surface area contributed by atoms with E-state index in [1.165, 1.54) is 12.7 Å². The first-order valence-electron chi connectivity index (χ1n) is 7.06. The van der Waals surface area contributed by atoms with E-state index < -0.39 is 0 Å². The highest BCUT2D eigenvalue weighted by molar-refractivity contribution is 5.94. The number of benzene rings is 1. The number of aryl methyl sites for hydroxylation is 1. The molecule has 0 bridgehead atoms. The van der Waals surface area contributed by atoms with E-state index in [9.17, 15) is 9.59 Å². The lowest BCUT2D eigenvalue weighted by Crippen LogP contribution is -2.35. The quantitative estimate of drug-likeness (QED) is 0.687. The van der Waals surface area contributed by atoms with Crippen LogP contribution in [-0.2, 0) is 20.7 Å². The third kappa shape index (κ3) is 5.55. The largest absolute Gasteiger partial charge is 0.469 e. The highest BCUT2D eigenvalue weighted by Crippen LogP contribution is 2.09. The molecule has 0 radical (unpaired) electrons. The Morgan fingerprint density at radius 3 is 2.29 bits per heavy atom. The molecule has 21 heavy (non-hydrogen) atoms. The number of carbonyl (C=O) groups excluding carboxylic acids is 2. The summed E-state index contributed by atoms with van der Waals surface area (Å²) < 4.78 is 9.63. The molecule has 0 saturated carbocycles. The maximum atomic E-state index is 12.5. The van der Waals surface area contributed by atoms with E-state index in [0.717, 1.165) is 6.42 Å². The molecule has 5 nitrogen and oxygen atoms in total. The van der Waals surface area contributed by atoms with E-state index in [-0.39, 0.29) is 18.3 Å². The van der Waals surface area contributed by atoms with Crippen LogP contribution in [0.3, 0.4) is 0 Å². The topological polar surface area (TPSA) is 55.8 Å². The minimum atomic E-state index is -0.327. The number of ether oxygens (including phenoxy) is 2. The molecule has 1 rings (SSSR count). The number of hydrogen-bond acceptors (Lipinski definition) is 4. The molecule has 0 fully saturated rings. The minimum absolute atomic E-state index is 0.0985. The lowest BCUT2D eigenvalue weighted by Gasteiger charge is -2.22. The van der Waals surface area contributed by atoms with E-state index in [4.69, 9.17) is 4.74 Å². The van der Waals surface area contributed by atoms with Crippen molar-refractivity contribution in [3.8, 4) is 0 Å². The molecular weight excluding hydrogens is 270 g/mol. The van der Waals surface area contributed by atoms with Crippen LogP contribution < -0.4 is 0 Å². The zero-order valence-corrected chi connectivity index (χ0v) is 12.9. The Bertz CT molecular complexity index is 456. The average molecular weight is 293 g/mol. The first-order chi connectivity index (χ1) is 10.1. The summed E-state index contributed by atoms with van der Waals surface area (Å²) >= 11 is 0. The predicted octanol–water partition coefficient (Wildman–Crippen LogP) is 1.90. The van der Waals surface area contributed by atoms with Gasteiger partial charge in [0.2, 0.25) is 0 Å². The molecule has 5 heteroatoms. The highest BCUT2D eigenvalue weighted by Gasteiger charge is 2.16. The minimum Gasteiger partial charge on any atom is -0.469 e. The summed E-state index contributed by atoms with van der Waals surface area (Å²) in [4.78, 5) is 25.3. The van der Waals surface area contributed by atoms with Crippen LogP contribution in [0.4, 0.5) is 0 Å². The van der Waals surface area contributed by atoms with Crippen molar-refractivity contribution in [3.63, 3.8) is 0 Å². The zero-order chi connectivity index (χ0) is 15.7. The molecule has 0 saturated heterocycles. The van der Waals surface area contributed by atoms with Crippen molar-refractivity contribution in [2.24, 2.45) is 0 Å². The number of carbonyl (C=O) groups is 2. The first kappa shape index (κ1) is 17.2. The third-order valence-electron chi connectivity index (χ3n) is 3.28. The van der Waals surface area contributed by atoms with E-state index in [1.807, 2.05) is 24.3 Å². The van der Waals surface area contributed by atoms with Crippen molar-refractivity contribution in [1.29, 1.82) is 0 Å². The number of rotatable bonds is 8. The van der Waals surface area contributed by atoms with E-state index >= 15 is 0 Å². The fourth-order valence-corrected chi connectivity index (χ4v) is 1.91. The van der Waals surface area contributed by atoms with Crippen LogP contribution in [0.1, 0.15) is 29.3 Å². The Hall–Kier alpha value is -1.88. The normalized spacial score (nSPS) is 10.2. The van der Waals surface area contributed by atoms with Gasteiger partial charge in [-0.2, -0.15) is 0 Å². The van der Waals surface area contributed by atoms with Gasteiger partial charge in [-0.1, -0.05) is 19.1 Å². The summed E-state index contributed by atoms with van der Waals surface area (Å²) in [5.41, 5.74) is 1.80. The predicted molar refractivity (Wildman–Crippen MR) is 80.2 cm³/mol. The van der Waals surface area contributed by atoms with Crippen molar-refractivity contribution in [2.75, 3.05) is 33.9 Å². The molecule has 0 aliphatic carbocycles. The number of methoxy groups -OCH3 is 2. The summed E-state index contributed by atoms with van der Waals surface area (Å²) in [7, 11) is 2.92. The number of nitrogens with zero attached hydrogens (tertiary/aromatic N) is 1. The molecule has 116 valence electrons. The molecule has 1 aromatic rings. The van der Waals surface area contributed by atoms with Gasteiger partial charge in [0.25, 0.3) is 5.91 Å². The van der Waals surface area contributed by atoms with E-state index in [2.05, 4.69) is 11.7 Å². The Morgan fingerprint density at radius 1 is 1.10 bits per heavy atom. The summed E-state index contributed by atoms with van der Waals surface area (Å²) in [5, 5.41) is 0. The number of hydrogen-bond donors (Lipinski definition) is 0. The van der Waals surface area contributed by atoms with E-state index in [1.54, 1.807) is 12.0 Å². The average Bonchev–Trinajstić information content (AvgIpc) is 2.54. The van der Waals surface area contributed by atoms with Crippen molar-refractivity contribution in [1.82, 2.24) is 4.90 Å². The van der Waals surface area contributed by atoms with Crippen molar-refractivity contribution >= 4 is 11.9 Å². The van der Waals surface area contributed by atoms with Crippen LogP contribution in [0, 0.1) is 0 Å². The van der Waals surface area contributed by atoms with Gasteiger partial charge in [0.05, 0.1) is 20.1 Å². The molecule has 0 heterocycles. The van der Waals surface area contributed by atoms with Gasteiger partial charge in [-0.3, -0.25) is 9.59 Å². The maximum absolute atomic E-state index is 12.5. The Labute approximate surface area is 125 Å². The van der Waals surface area contributed by atoms with Gasteiger partial charge in [-0.25, -0.2) is 0 Å². The van der Waals surface area contributed by atoms with Crippen LogP contribution in [0.5, 0.6) is 0 Å². The fourth-order valence-electron chi connectivity index (χ4n) is 1.91. The summed E-state index contributed by atoms with van der Waals surface area (Å²) in [6, 6.07) is 7.53. The molecule has 0 unspecified atom stereocenters. The molecular formula is C16H23NO4. The van der Waals surface area contributed by atoms with Gasteiger partial charge in [-0.05, 0) is 24.1 Å². The van der Waals surface area contributed by atoms with Gasteiger partial charge in [-0.15, -0.1) is 0 Å². The monoisotopic (exact) mass is 293 g/mol. The fraction of sp³-hybridized carbons (Fsp3) is 0.500. The molecule has 0 aliphatic heterocycles. The van der Waals surface area contributed by atoms with Gasteiger partial charge in [0.1, 0.15) is 0 Å². The molecule has 0 aromatic heterocycles. The Morgan fingerprint density at radius 2 is 1.76 bits per heavy atom.